The van der Waals surface area contributed by atoms with E-state index in [4.69, 9.17) is 0 Å². The summed E-state index contributed by atoms with van der Waals surface area (Å²) in [6.07, 6.45) is 0. The Bertz CT molecular complexity index is 565. The number of nitrogens with one attached hydrogen (secondary N) is 1. The minimum absolute atomic E-state index is 0.807. The van der Waals surface area contributed by atoms with Crippen LogP contribution in [0.2, 0.25) is 0 Å². The number of rotatable bonds is 3. The second-order valence-electron chi connectivity index (χ2n) is 4.59. The second kappa shape index (κ2) is 6.42. The molecule has 0 fully saturated rings. The number of hydrogen-bond acceptors (Lipinski definition) is 1. The summed E-state index contributed by atoms with van der Waals surface area (Å²) in [6.45, 7) is 5.06. The lowest BCUT2D eigenvalue weighted by atomic mass is 10.1. The zero-order valence-electron chi connectivity index (χ0n) is 10.7. The van der Waals surface area contributed by atoms with Gasteiger partial charge in [-0.1, -0.05) is 45.3 Å². The van der Waals surface area contributed by atoms with Crippen molar-refractivity contribution in [2.75, 3.05) is 5.32 Å². The van der Waals surface area contributed by atoms with Gasteiger partial charge in [-0.2, -0.15) is 0 Å². The summed E-state index contributed by atoms with van der Waals surface area (Å²) in [6, 6.07) is 10.7. The summed E-state index contributed by atoms with van der Waals surface area (Å²) in [5.41, 5.74) is 4.96. The Morgan fingerprint density at radius 1 is 0.842 bits per heavy atom. The third-order valence-electron chi connectivity index (χ3n) is 2.76. The third-order valence-corrected chi connectivity index (χ3v) is 4.47. The molecular formula is C15H14Br3N. The second-order valence-corrected chi connectivity index (χ2v) is 7.22. The van der Waals surface area contributed by atoms with Crippen LogP contribution in [0, 0.1) is 13.8 Å². The van der Waals surface area contributed by atoms with Crippen molar-refractivity contribution in [3.05, 3.63) is 60.4 Å². The predicted molar refractivity (Wildman–Crippen MR) is 92.8 cm³/mol. The molecule has 2 rings (SSSR count). The summed E-state index contributed by atoms with van der Waals surface area (Å²) in [5.74, 6) is 0. The van der Waals surface area contributed by atoms with Gasteiger partial charge >= 0.3 is 0 Å². The molecule has 1 N–H and O–H groups in total. The summed E-state index contributed by atoms with van der Waals surface area (Å²) in [7, 11) is 0. The van der Waals surface area contributed by atoms with E-state index in [1.165, 1.54) is 16.7 Å². The Morgan fingerprint density at radius 2 is 1.37 bits per heavy atom. The van der Waals surface area contributed by atoms with E-state index in [0.29, 0.717) is 0 Å². The van der Waals surface area contributed by atoms with E-state index in [0.717, 1.165) is 25.7 Å². The van der Waals surface area contributed by atoms with Crippen LogP contribution in [0.5, 0.6) is 0 Å². The molecule has 0 heterocycles. The largest absolute Gasteiger partial charge is 0.379 e. The molecule has 0 aromatic heterocycles. The van der Waals surface area contributed by atoms with E-state index >= 15 is 0 Å². The molecule has 0 radical (unpaired) electrons. The Morgan fingerprint density at radius 3 is 1.89 bits per heavy atom. The van der Waals surface area contributed by atoms with Crippen LogP contribution >= 0.6 is 47.8 Å². The molecular weight excluding hydrogens is 434 g/mol. The fourth-order valence-corrected chi connectivity index (χ4v) is 4.61. The first-order valence-corrected chi connectivity index (χ1v) is 8.29. The van der Waals surface area contributed by atoms with E-state index in [2.05, 4.69) is 85.2 Å². The molecule has 0 saturated carbocycles. The van der Waals surface area contributed by atoms with Crippen molar-refractivity contribution in [2.45, 2.75) is 20.4 Å². The minimum atomic E-state index is 0.807. The summed E-state index contributed by atoms with van der Waals surface area (Å²) in [4.78, 5) is 0. The highest BCUT2D eigenvalue weighted by Crippen LogP contribution is 2.34. The molecule has 0 saturated heterocycles. The fourth-order valence-electron chi connectivity index (χ4n) is 2.07. The molecule has 0 aliphatic carbocycles. The van der Waals surface area contributed by atoms with E-state index in [1.807, 2.05) is 12.1 Å². The van der Waals surface area contributed by atoms with Gasteiger partial charge in [-0.25, -0.2) is 0 Å². The summed E-state index contributed by atoms with van der Waals surface area (Å²) in [5, 5.41) is 3.46. The molecule has 0 atom stereocenters. The molecule has 0 amide bonds. The number of benzene rings is 2. The van der Waals surface area contributed by atoms with Crippen molar-refractivity contribution in [1.82, 2.24) is 0 Å². The molecule has 2 aromatic carbocycles. The number of aryl methyl sites for hydroxylation is 2. The van der Waals surface area contributed by atoms with Crippen molar-refractivity contribution in [3.63, 3.8) is 0 Å². The van der Waals surface area contributed by atoms with E-state index in [1.54, 1.807) is 0 Å². The van der Waals surface area contributed by atoms with Gasteiger partial charge < -0.3 is 5.32 Å². The van der Waals surface area contributed by atoms with Gasteiger partial charge in [-0.05, 0) is 63.4 Å². The predicted octanol–water partition coefficient (Wildman–Crippen LogP) is 6.20. The minimum Gasteiger partial charge on any atom is -0.379 e. The number of hydrogen-bond donors (Lipinski definition) is 1. The van der Waals surface area contributed by atoms with Crippen molar-refractivity contribution in [1.29, 1.82) is 0 Å². The Labute approximate surface area is 139 Å². The van der Waals surface area contributed by atoms with Crippen LogP contribution in [0.15, 0.2) is 43.7 Å². The van der Waals surface area contributed by atoms with Crippen molar-refractivity contribution >= 4 is 53.5 Å². The number of halogens is 3. The molecule has 4 heteroatoms. The van der Waals surface area contributed by atoms with Crippen molar-refractivity contribution < 1.29 is 0 Å². The van der Waals surface area contributed by atoms with Crippen LogP contribution in [-0.4, -0.2) is 0 Å². The van der Waals surface area contributed by atoms with E-state index in [9.17, 15) is 0 Å². The lowest BCUT2D eigenvalue weighted by Gasteiger charge is -2.12. The first-order valence-electron chi connectivity index (χ1n) is 5.91. The normalized spacial score (nSPS) is 10.6. The first kappa shape index (κ1) is 15.1. The van der Waals surface area contributed by atoms with Crippen LogP contribution in [0.25, 0.3) is 0 Å². The molecule has 100 valence electrons. The van der Waals surface area contributed by atoms with Gasteiger partial charge in [-0.3, -0.25) is 0 Å². The lowest BCUT2D eigenvalue weighted by Crippen LogP contribution is -2.01. The molecule has 0 aliphatic rings. The smallest absolute Gasteiger partial charge is 0.0632 e. The average molecular weight is 448 g/mol. The van der Waals surface area contributed by atoms with E-state index in [-0.39, 0.29) is 0 Å². The molecule has 1 nitrogen and oxygen atoms in total. The van der Waals surface area contributed by atoms with Gasteiger partial charge in [0.05, 0.1) is 5.69 Å². The van der Waals surface area contributed by atoms with Gasteiger partial charge in [0.15, 0.2) is 0 Å². The Balaban J connectivity index is 2.19. The molecule has 0 bridgehead atoms. The molecule has 0 unspecified atom stereocenters. The average Bonchev–Trinajstić information content (AvgIpc) is 2.25. The first-order chi connectivity index (χ1) is 8.95. The molecule has 2 aromatic rings. The molecule has 0 aliphatic heterocycles. The highest BCUT2D eigenvalue weighted by Gasteiger charge is 2.06. The monoisotopic (exact) mass is 445 g/mol. The van der Waals surface area contributed by atoms with Crippen LogP contribution in [0.4, 0.5) is 5.69 Å². The third kappa shape index (κ3) is 4.07. The molecule has 19 heavy (non-hydrogen) atoms. The maximum atomic E-state index is 3.58. The quantitative estimate of drug-likeness (QED) is 0.590. The maximum absolute atomic E-state index is 3.58. The van der Waals surface area contributed by atoms with Crippen LogP contribution in [0.1, 0.15) is 16.7 Å². The van der Waals surface area contributed by atoms with Gasteiger partial charge in [0, 0.05) is 20.0 Å². The zero-order chi connectivity index (χ0) is 14.0. The van der Waals surface area contributed by atoms with Crippen LogP contribution in [-0.2, 0) is 6.54 Å². The van der Waals surface area contributed by atoms with Gasteiger partial charge in [0.2, 0.25) is 0 Å². The van der Waals surface area contributed by atoms with Gasteiger partial charge in [0.25, 0.3) is 0 Å². The Kier molecular flexibility index (Phi) is 5.09. The van der Waals surface area contributed by atoms with Gasteiger partial charge in [0.1, 0.15) is 0 Å². The standard InChI is InChI=1S/C15H14Br3N/c1-9-3-10(2)5-11(4-9)8-19-15-13(17)6-12(16)7-14(15)18/h3-7,19H,8H2,1-2H3. The molecule has 0 spiro atoms. The zero-order valence-corrected chi connectivity index (χ0v) is 15.5. The van der Waals surface area contributed by atoms with Crippen molar-refractivity contribution in [3.8, 4) is 0 Å². The highest BCUT2D eigenvalue weighted by molar-refractivity contribution is 9.11. The lowest BCUT2D eigenvalue weighted by molar-refractivity contribution is 1.12. The van der Waals surface area contributed by atoms with Gasteiger partial charge in [-0.15, -0.1) is 0 Å². The Hall–Kier alpha value is -0.320. The number of anilines is 1. The van der Waals surface area contributed by atoms with Crippen LogP contribution < -0.4 is 5.32 Å². The topological polar surface area (TPSA) is 12.0 Å². The highest BCUT2D eigenvalue weighted by atomic mass is 79.9. The van der Waals surface area contributed by atoms with E-state index < -0.39 is 0 Å². The van der Waals surface area contributed by atoms with Crippen molar-refractivity contribution in [2.24, 2.45) is 0 Å². The summed E-state index contributed by atoms with van der Waals surface area (Å²) >= 11 is 10.6. The fraction of sp³-hybridized carbons (Fsp3) is 0.200. The van der Waals surface area contributed by atoms with Crippen LogP contribution in [0.3, 0.4) is 0 Å². The maximum Gasteiger partial charge on any atom is 0.0632 e. The summed E-state index contributed by atoms with van der Waals surface area (Å²) < 4.78 is 3.12. The SMILES string of the molecule is Cc1cc(C)cc(CNc2c(Br)cc(Br)cc2Br)c1.